The molecule has 0 saturated heterocycles. The van der Waals surface area contributed by atoms with E-state index in [1.165, 1.54) is 11.3 Å². The average Bonchev–Trinajstić information content (AvgIpc) is 2.77. The van der Waals surface area contributed by atoms with Crippen LogP contribution in [0.3, 0.4) is 0 Å². The zero-order valence-corrected chi connectivity index (χ0v) is 14.1. The van der Waals surface area contributed by atoms with Crippen molar-refractivity contribution in [3.05, 3.63) is 51.3 Å². The smallest absolute Gasteiger partial charge is 0.0824 e. The van der Waals surface area contributed by atoms with E-state index in [9.17, 15) is 5.11 Å². The zero-order valence-electron chi connectivity index (χ0n) is 12.5. The largest absolute Gasteiger partial charge is 0.388 e. The van der Waals surface area contributed by atoms with Gasteiger partial charge in [0.05, 0.1) is 22.0 Å². The Balaban J connectivity index is 1.85. The van der Waals surface area contributed by atoms with Crippen LogP contribution in [0.15, 0.2) is 28.7 Å². The molecule has 0 saturated carbocycles. The Hall–Kier alpha value is -1.13. The zero-order chi connectivity index (χ0) is 15.0. The number of aliphatic hydroxyl groups excluding tert-OH is 1. The Morgan fingerprint density at radius 1 is 1.38 bits per heavy atom. The van der Waals surface area contributed by atoms with Gasteiger partial charge in [0.1, 0.15) is 0 Å². The van der Waals surface area contributed by atoms with E-state index in [1.807, 2.05) is 17.8 Å². The van der Waals surface area contributed by atoms with Gasteiger partial charge in [0, 0.05) is 7.05 Å². The molecule has 1 aromatic carbocycles. The number of benzene rings is 1. The van der Waals surface area contributed by atoms with Crippen molar-refractivity contribution in [3.8, 4) is 0 Å². The first kappa shape index (κ1) is 14.8. The average molecular weight is 349 g/mol. The summed E-state index contributed by atoms with van der Waals surface area (Å²) < 4.78 is 3.06. The quantitative estimate of drug-likeness (QED) is 0.920. The van der Waals surface area contributed by atoms with E-state index in [0.717, 1.165) is 41.4 Å². The molecule has 3 nitrogen and oxygen atoms in total. The molecule has 3 rings (SSSR count). The molecule has 21 heavy (non-hydrogen) atoms. The molecule has 2 atom stereocenters. The van der Waals surface area contributed by atoms with Gasteiger partial charge in [-0.1, -0.05) is 31.2 Å². The maximum atomic E-state index is 10.7. The Labute approximate surface area is 134 Å². The highest BCUT2D eigenvalue weighted by Crippen LogP contribution is 2.37. The van der Waals surface area contributed by atoms with Crippen LogP contribution in [0.1, 0.15) is 42.0 Å². The minimum atomic E-state index is -0.373. The molecular weight excluding hydrogens is 328 g/mol. The molecule has 112 valence electrons. The lowest BCUT2D eigenvalue weighted by Crippen LogP contribution is -2.23. The van der Waals surface area contributed by atoms with Crippen molar-refractivity contribution >= 4 is 15.9 Å². The maximum Gasteiger partial charge on any atom is 0.0824 e. The third kappa shape index (κ3) is 2.67. The summed E-state index contributed by atoms with van der Waals surface area (Å²) in [7, 11) is 1.99. The van der Waals surface area contributed by atoms with Crippen LogP contribution >= 0.6 is 15.9 Å². The minimum Gasteiger partial charge on any atom is -0.388 e. The fourth-order valence-corrected chi connectivity index (χ4v) is 4.08. The SMILES string of the molecule is CCc1nn(C)c(CC2CCc3ccccc3C2O)c1Br. The highest BCUT2D eigenvalue weighted by Gasteiger charge is 2.29. The molecule has 1 aliphatic carbocycles. The molecule has 0 radical (unpaired) electrons. The molecule has 2 unspecified atom stereocenters. The second-order valence-corrected chi connectivity index (χ2v) is 6.62. The third-order valence-electron chi connectivity index (χ3n) is 4.56. The van der Waals surface area contributed by atoms with Crippen LogP contribution in [0, 0.1) is 5.92 Å². The maximum absolute atomic E-state index is 10.7. The minimum absolute atomic E-state index is 0.260. The van der Waals surface area contributed by atoms with Crippen molar-refractivity contribution in [2.75, 3.05) is 0 Å². The van der Waals surface area contributed by atoms with Crippen LogP contribution in [0.5, 0.6) is 0 Å². The molecule has 0 amide bonds. The van der Waals surface area contributed by atoms with Crippen molar-refractivity contribution < 1.29 is 5.11 Å². The number of aromatic nitrogens is 2. The standard InChI is InChI=1S/C17H21BrN2O/c1-3-14-16(18)15(20(2)19-14)10-12-9-8-11-6-4-5-7-13(11)17(12)21/h4-7,12,17,21H,3,8-10H2,1-2H3. The lowest BCUT2D eigenvalue weighted by molar-refractivity contribution is 0.0925. The number of aliphatic hydroxyl groups is 1. The van der Waals surface area contributed by atoms with Gasteiger partial charge in [-0.3, -0.25) is 4.68 Å². The van der Waals surface area contributed by atoms with Gasteiger partial charge in [0.2, 0.25) is 0 Å². The molecule has 0 bridgehead atoms. The number of hydrogen-bond acceptors (Lipinski definition) is 2. The Morgan fingerprint density at radius 3 is 2.86 bits per heavy atom. The molecule has 1 N–H and O–H groups in total. The third-order valence-corrected chi connectivity index (χ3v) is 5.48. The molecule has 1 aromatic heterocycles. The van der Waals surface area contributed by atoms with E-state index in [2.05, 4.69) is 46.2 Å². The van der Waals surface area contributed by atoms with E-state index < -0.39 is 0 Å². The Kier molecular flexibility index (Phi) is 4.18. The lowest BCUT2D eigenvalue weighted by atomic mass is 9.79. The number of halogens is 1. The summed E-state index contributed by atoms with van der Waals surface area (Å²) >= 11 is 3.68. The molecular formula is C17H21BrN2O. The van der Waals surface area contributed by atoms with Gasteiger partial charge in [0.15, 0.2) is 0 Å². The van der Waals surface area contributed by atoms with Crippen molar-refractivity contribution in [2.24, 2.45) is 13.0 Å². The lowest BCUT2D eigenvalue weighted by Gasteiger charge is -2.30. The number of hydrogen-bond donors (Lipinski definition) is 1. The first-order chi connectivity index (χ1) is 10.1. The fraction of sp³-hybridized carbons (Fsp3) is 0.471. The number of fused-ring (bicyclic) bond motifs is 1. The first-order valence-electron chi connectivity index (χ1n) is 7.58. The van der Waals surface area contributed by atoms with Crippen molar-refractivity contribution in [1.82, 2.24) is 9.78 Å². The number of rotatable bonds is 3. The van der Waals surface area contributed by atoms with Crippen molar-refractivity contribution in [3.63, 3.8) is 0 Å². The highest BCUT2D eigenvalue weighted by atomic mass is 79.9. The van der Waals surface area contributed by atoms with Crippen LogP contribution in [0.2, 0.25) is 0 Å². The van der Waals surface area contributed by atoms with Crippen LogP contribution in [0.4, 0.5) is 0 Å². The van der Waals surface area contributed by atoms with Gasteiger partial charge < -0.3 is 5.11 Å². The summed E-state index contributed by atoms with van der Waals surface area (Å²) in [5.41, 5.74) is 4.68. The summed E-state index contributed by atoms with van der Waals surface area (Å²) in [6.45, 7) is 2.11. The molecule has 0 fully saturated rings. The van der Waals surface area contributed by atoms with E-state index in [0.29, 0.717) is 0 Å². The van der Waals surface area contributed by atoms with Gasteiger partial charge in [-0.25, -0.2) is 0 Å². The summed E-state index contributed by atoms with van der Waals surface area (Å²) in [5, 5.41) is 15.2. The second kappa shape index (κ2) is 5.93. The van der Waals surface area contributed by atoms with E-state index in [1.54, 1.807) is 0 Å². The summed E-state index contributed by atoms with van der Waals surface area (Å²) in [6, 6.07) is 8.25. The molecule has 2 aromatic rings. The van der Waals surface area contributed by atoms with Gasteiger partial charge in [-0.2, -0.15) is 5.10 Å². The van der Waals surface area contributed by atoms with E-state index in [-0.39, 0.29) is 12.0 Å². The molecule has 0 aliphatic heterocycles. The number of aryl methyl sites for hydroxylation is 3. The van der Waals surface area contributed by atoms with Crippen LogP contribution < -0.4 is 0 Å². The monoisotopic (exact) mass is 348 g/mol. The van der Waals surface area contributed by atoms with E-state index in [4.69, 9.17) is 0 Å². The van der Waals surface area contributed by atoms with Crippen molar-refractivity contribution in [2.45, 2.75) is 38.7 Å². The molecule has 4 heteroatoms. The first-order valence-corrected chi connectivity index (χ1v) is 8.37. The highest BCUT2D eigenvalue weighted by molar-refractivity contribution is 9.10. The van der Waals surface area contributed by atoms with Gasteiger partial charge in [0.25, 0.3) is 0 Å². The van der Waals surface area contributed by atoms with Crippen LogP contribution in [-0.4, -0.2) is 14.9 Å². The van der Waals surface area contributed by atoms with Crippen molar-refractivity contribution in [1.29, 1.82) is 0 Å². The normalized spacial score (nSPS) is 21.3. The topological polar surface area (TPSA) is 38.0 Å². The Bertz CT molecular complexity index is 650. The summed E-state index contributed by atoms with van der Waals surface area (Å²) in [5.74, 6) is 0.260. The van der Waals surface area contributed by atoms with Gasteiger partial charge in [-0.15, -0.1) is 0 Å². The predicted molar refractivity (Wildman–Crippen MR) is 87.2 cm³/mol. The number of nitrogens with zero attached hydrogens (tertiary/aromatic N) is 2. The van der Waals surface area contributed by atoms with Crippen LogP contribution in [0.25, 0.3) is 0 Å². The summed E-state index contributed by atoms with van der Waals surface area (Å²) in [6.07, 6.45) is 3.48. The molecule has 1 aliphatic rings. The van der Waals surface area contributed by atoms with Gasteiger partial charge in [-0.05, 0) is 58.7 Å². The Morgan fingerprint density at radius 2 is 2.14 bits per heavy atom. The van der Waals surface area contributed by atoms with E-state index >= 15 is 0 Å². The second-order valence-electron chi connectivity index (χ2n) is 5.83. The predicted octanol–water partition coefficient (Wildman–Crippen LogP) is 3.58. The molecule has 0 spiro atoms. The van der Waals surface area contributed by atoms with Crippen LogP contribution in [-0.2, 0) is 26.3 Å². The fourth-order valence-electron chi connectivity index (χ4n) is 3.31. The summed E-state index contributed by atoms with van der Waals surface area (Å²) in [4.78, 5) is 0. The van der Waals surface area contributed by atoms with Gasteiger partial charge >= 0.3 is 0 Å². The molecule has 1 heterocycles.